The number of hydrogen-bond acceptors (Lipinski definition) is 7. The maximum Gasteiger partial charge on any atom is 0.225 e. The van der Waals surface area contributed by atoms with E-state index < -0.39 is 0 Å². The Balaban J connectivity index is 1.81. The van der Waals surface area contributed by atoms with Gasteiger partial charge in [0.2, 0.25) is 5.91 Å². The molecule has 0 aromatic carbocycles. The van der Waals surface area contributed by atoms with Crippen molar-refractivity contribution >= 4 is 50.5 Å². The number of thioether (sulfide) groups is 1. The molecule has 20 heavy (non-hydrogen) atoms. The van der Waals surface area contributed by atoms with Gasteiger partial charge in [-0.1, -0.05) is 11.3 Å². The first kappa shape index (κ1) is 14.8. The molecule has 2 aromatic rings. The lowest BCUT2D eigenvalue weighted by molar-refractivity contribution is -0.115. The number of hydrogen-bond donors (Lipinski definition) is 2. The van der Waals surface area contributed by atoms with Crippen molar-refractivity contribution in [3.8, 4) is 6.07 Å². The summed E-state index contributed by atoms with van der Waals surface area (Å²) < 4.78 is 1.05. The van der Waals surface area contributed by atoms with Crippen LogP contribution in [0.2, 0.25) is 0 Å². The number of amides is 1. The minimum Gasteiger partial charge on any atom is -0.375 e. The van der Waals surface area contributed by atoms with Crippen LogP contribution in [0.5, 0.6) is 0 Å². The second-order valence-corrected chi connectivity index (χ2v) is 7.16. The summed E-state index contributed by atoms with van der Waals surface area (Å²) in [5.41, 5.74) is 7.03. The summed E-state index contributed by atoms with van der Waals surface area (Å²) in [5, 5.41) is 14.6. The van der Waals surface area contributed by atoms with E-state index in [0.717, 1.165) is 9.90 Å². The fourth-order valence-electron chi connectivity index (χ4n) is 1.46. The molecular weight excluding hydrogens is 312 g/mol. The molecule has 8 heteroatoms. The maximum atomic E-state index is 11.8. The predicted molar refractivity (Wildman–Crippen MR) is 84.3 cm³/mol. The van der Waals surface area contributed by atoms with Gasteiger partial charge < -0.3 is 11.1 Å². The average Bonchev–Trinajstić information content (AvgIpc) is 2.96. The van der Waals surface area contributed by atoms with Gasteiger partial charge in [-0.25, -0.2) is 4.98 Å². The van der Waals surface area contributed by atoms with E-state index in [-0.39, 0.29) is 5.91 Å². The molecule has 2 rings (SSSR count). The third-order valence-corrected chi connectivity index (χ3v) is 5.55. The van der Waals surface area contributed by atoms with E-state index in [0.29, 0.717) is 27.9 Å². The van der Waals surface area contributed by atoms with Crippen molar-refractivity contribution in [1.29, 1.82) is 5.26 Å². The molecule has 0 unspecified atom stereocenters. The van der Waals surface area contributed by atoms with Crippen molar-refractivity contribution in [3.05, 3.63) is 22.7 Å². The average molecular weight is 324 g/mol. The monoisotopic (exact) mass is 324 g/mol. The molecule has 0 spiro atoms. The summed E-state index contributed by atoms with van der Waals surface area (Å²) in [4.78, 5) is 15.9. The van der Waals surface area contributed by atoms with E-state index in [1.807, 2.05) is 13.0 Å². The minimum absolute atomic E-state index is 0.0911. The van der Waals surface area contributed by atoms with Gasteiger partial charge in [-0.05, 0) is 18.4 Å². The number of aryl methyl sites for hydroxylation is 1. The lowest BCUT2D eigenvalue weighted by Gasteiger charge is -2.02. The highest BCUT2D eigenvalue weighted by atomic mass is 32.2. The zero-order chi connectivity index (χ0) is 14.5. The number of anilines is 2. The molecule has 3 N–H and O–H groups in total. The first-order valence-electron chi connectivity index (χ1n) is 5.73. The first-order valence-corrected chi connectivity index (χ1v) is 8.41. The Kier molecular flexibility index (Phi) is 5.00. The van der Waals surface area contributed by atoms with Crippen molar-refractivity contribution in [1.82, 2.24) is 4.98 Å². The van der Waals surface area contributed by atoms with Gasteiger partial charge in [0.25, 0.3) is 0 Å². The van der Waals surface area contributed by atoms with Gasteiger partial charge >= 0.3 is 0 Å². The molecule has 2 heterocycles. The third kappa shape index (κ3) is 3.72. The molecule has 0 fully saturated rings. The van der Waals surface area contributed by atoms with E-state index in [9.17, 15) is 4.79 Å². The molecular formula is C12H12N4OS3. The molecule has 0 bridgehead atoms. The third-order valence-electron chi connectivity index (χ3n) is 2.37. The van der Waals surface area contributed by atoms with Gasteiger partial charge in [0.1, 0.15) is 11.1 Å². The van der Waals surface area contributed by atoms with Gasteiger partial charge in [0, 0.05) is 12.2 Å². The Morgan fingerprint density at radius 1 is 1.65 bits per heavy atom. The molecule has 0 saturated carbocycles. The van der Waals surface area contributed by atoms with Crippen molar-refractivity contribution in [3.63, 3.8) is 0 Å². The van der Waals surface area contributed by atoms with Crippen LogP contribution in [0.1, 0.15) is 17.7 Å². The number of nitrogens with zero attached hydrogens (tertiary/aromatic N) is 2. The highest BCUT2D eigenvalue weighted by Gasteiger charge is 2.10. The molecule has 104 valence electrons. The van der Waals surface area contributed by atoms with Crippen LogP contribution in [0, 0.1) is 18.3 Å². The normalized spacial score (nSPS) is 10.2. The summed E-state index contributed by atoms with van der Waals surface area (Å²) in [6.07, 6.45) is 0.380. The Bertz CT molecular complexity index is 656. The zero-order valence-corrected chi connectivity index (χ0v) is 13.1. The Hall–Kier alpha value is -1.56. The highest BCUT2D eigenvalue weighted by Crippen LogP contribution is 2.31. The number of nitriles is 1. The van der Waals surface area contributed by atoms with Gasteiger partial charge in [0.05, 0.1) is 15.5 Å². The largest absolute Gasteiger partial charge is 0.375 e. The quantitative estimate of drug-likeness (QED) is 0.825. The van der Waals surface area contributed by atoms with Crippen LogP contribution in [0.25, 0.3) is 0 Å². The Morgan fingerprint density at radius 2 is 2.45 bits per heavy atom. The number of nitrogens with one attached hydrogen (secondary N) is 1. The molecule has 0 aliphatic carbocycles. The van der Waals surface area contributed by atoms with E-state index in [1.54, 1.807) is 23.2 Å². The SMILES string of the molecule is Cc1nc(N)sc1SCCC(=O)Nc1sccc1C#N. The van der Waals surface area contributed by atoms with Crippen molar-refractivity contribution in [2.45, 2.75) is 17.6 Å². The lowest BCUT2D eigenvalue weighted by atomic mass is 10.3. The van der Waals surface area contributed by atoms with Crippen LogP contribution in [0.3, 0.4) is 0 Å². The molecule has 1 amide bonds. The van der Waals surface area contributed by atoms with Gasteiger partial charge in [-0.3, -0.25) is 4.79 Å². The summed E-state index contributed by atoms with van der Waals surface area (Å²) in [6.45, 7) is 1.90. The van der Waals surface area contributed by atoms with Crippen molar-refractivity contribution < 1.29 is 4.79 Å². The van der Waals surface area contributed by atoms with Crippen LogP contribution in [-0.2, 0) is 4.79 Å². The predicted octanol–water partition coefficient (Wildman–Crippen LogP) is 3.09. The second-order valence-electron chi connectivity index (χ2n) is 3.85. The maximum absolute atomic E-state index is 11.8. The molecule has 5 nitrogen and oxygen atoms in total. The number of carbonyl (C=O) groups is 1. The molecule has 0 aliphatic rings. The first-order chi connectivity index (χ1) is 9.60. The smallest absolute Gasteiger partial charge is 0.225 e. The number of thiazole rings is 1. The number of aromatic nitrogens is 1. The second kappa shape index (κ2) is 6.74. The standard InChI is InChI=1S/C12H12N4OS3/c1-7-11(20-12(14)15-7)19-5-3-9(17)16-10-8(6-13)2-4-18-10/h2,4H,3,5H2,1H3,(H2,14,15)(H,16,17). The van der Waals surface area contributed by atoms with Gasteiger partial charge in [-0.15, -0.1) is 23.1 Å². The molecule has 0 aliphatic heterocycles. The van der Waals surface area contributed by atoms with Gasteiger partial charge in [0.15, 0.2) is 5.13 Å². The highest BCUT2D eigenvalue weighted by molar-refractivity contribution is 8.01. The summed E-state index contributed by atoms with van der Waals surface area (Å²) in [6, 6.07) is 3.74. The Morgan fingerprint density at radius 3 is 3.10 bits per heavy atom. The van der Waals surface area contributed by atoms with Crippen LogP contribution < -0.4 is 11.1 Å². The van der Waals surface area contributed by atoms with E-state index in [4.69, 9.17) is 11.0 Å². The number of carbonyl (C=O) groups excluding carboxylic acids is 1. The van der Waals surface area contributed by atoms with E-state index >= 15 is 0 Å². The number of nitrogen functional groups attached to an aromatic ring is 1. The minimum atomic E-state index is -0.0911. The van der Waals surface area contributed by atoms with Crippen LogP contribution >= 0.6 is 34.4 Å². The molecule has 0 radical (unpaired) electrons. The topological polar surface area (TPSA) is 91.8 Å². The number of nitrogens with two attached hydrogens (primary N) is 1. The van der Waals surface area contributed by atoms with Crippen molar-refractivity contribution in [2.24, 2.45) is 0 Å². The van der Waals surface area contributed by atoms with E-state index in [2.05, 4.69) is 10.3 Å². The van der Waals surface area contributed by atoms with E-state index in [1.165, 1.54) is 22.7 Å². The summed E-state index contributed by atoms with van der Waals surface area (Å²) in [7, 11) is 0. The molecule has 2 aromatic heterocycles. The number of thiophene rings is 1. The van der Waals surface area contributed by atoms with Gasteiger partial charge in [-0.2, -0.15) is 5.26 Å². The summed E-state index contributed by atoms with van der Waals surface area (Å²) in [5.74, 6) is 0.563. The fourth-order valence-corrected chi connectivity index (χ4v) is 4.24. The van der Waals surface area contributed by atoms with Crippen molar-refractivity contribution in [2.75, 3.05) is 16.8 Å². The van der Waals surface area contributed by atoms with Crippen LogP contribution in [-0.4, -0.2) is 16.6 Å². The van der Waals surface area contributed by atoms with Crippen LogP contribution in [0.4, 0.5) is 10.1 Å². The number of rotatable bonds is 5. The summed E-state index contributed by atoms with van der Waals surface area (Å²) >= 11 is 4.36. The zero-order valence-electron chi connectivity index (χ0n) is 10.7. The lowest BCUT2D eigenvalue weighted by Crippen LogP contribution is -2.11. The fraction of sp³-hybridized carbons (Fsp3) is 0.250. The Labute approximate surface area is 128 Å². The molecule has 0 atom stereocenters. The van der Waals surface area contributed by atoms with Crippen LogP contribution in [0.15, 0.2) is 15.7 Å². The molecule has 0 saturated heterocycles.